The number of carbonyl (C=O) groups excluding carboxylic acids is 1. The number of fused-ring (bicyclic) bond motifs is 2. The van der Waals surface area contributed by atoms with Crippen molar-refractivity contribution in [2.75, 3.05) is 19.8 Å². The van der Waals surface area contributed by atoms with Crippen LogP contribution in [0.3, 0.4) is 0 Å². The molecule has 2 N–H and O–H groups in total. The number of rotatable bonds is 7. The zero-order valence-electron chi connectivity index (χ0n) is 23.8. The molecule has 4 unspecified atom stereocenters. The summed E-state index contributed by atoms with van der Waals surface area (Å²) < 4.78 is 10.5. The van der Waals surface area contributed by atoms with Crippen LogP contribution in [0.2, 0.25) is 0 Å². The van der Waals surface area contributed by atoms with Crippen LogP contribution in [0.25, 0.3) is 33.6 Å². The number of benzene rings is 1. The molecule has 40 heavy (non-hydrogen) atoms. The molecule has 4 atom stereocenters. The Morgan fingerprint density at radius 1 is 1.12 bits per heavy atom. The molecular weight excluding hydrogens is 500 g/mol. The van der Waals surface area contributed by atoms with E-state index in [9.17, 15) is 4.79 Å². The number of pyridine rings is 1. The van der Waals surface area contributed by atoms with Gasteiger partial charge in [-0.3, -0.25) is 4.79 Å². The highest BCUT2D eigenvalue weighted by molar-refractivity contribution is 5.99. The van der Waals surface area contributed by atoms with Crippen molar-refractivity contribution in [2.45, 2.75) is 71.6 Å². The Bertz CT molecular complexity index is 1580. The molecule has 1 aromatic carbocycles. The molecule has 210 valence electrons. The van der Waals surface area contributed by atoms with E-state index in [-0.39, 0.29) is 18.0 Å². The van der Waals surface area contributed by atoms with Gasteiger partial charge in [-0.1, -0.05) is 13.3 Å². The van der Waals surface area contributed by atoms with Gasteiger partial charge in [0.2, 0.25) is 0 Å². The van der Waals surface area contributed by atoms with Crippen molar-refractivity contribution < 1.29 is 9.53 Å². The summed E-state index contributed by atoms with van der Waals surface area (Å²) in [6, 6.07) is 10.5. The lowest BCUT2D eigenvalue weighted by Crippen LogP contribution is -2.41. The fourth-order valence-corrected chi connectivity index (χ4v) is 6.95. The molecule has 1 saturated carbocycles. The molecular formula is C32H40N6O2. The molecule has 1 aliphatic carbocycles. The van der Waals surface area contributed by atoms with E-state index < -0.39 is 0 Å². The topological polar surface area (TPSA) is 91.2 Å². The van der Waals surface area contributed by atoms with E-state index in [4.69, 9.17) is 20.4 Å². The van der Waals surface area contributed by atoms with Gasteiger partial charge in [0.25, 0.3) is 5.91 Å². The number of aryl methyl sites for hydroxylation is 1. The molecule has 1 amide bonds. The van der Waals surface area contributed by atoms with E-state index in [2.05, 4.69) is 48.1 Å². The van der Waals surface area contributed by atoms with Crippen LogP contribution in [0.1, 0.15) is 55.5 Å². The second-order valence-electron chi connectivity index (χ2n) is 12.4. The van der Waals surface area contributed by atoms with Crippen molar-refractivity contribution in [1.29, 1.82) is 0 Å². The molecule has 5 heterocycles. The molecule has 8 heteroatoms. The Morgan fingerprint density at radius 2 is 1.95 bits per heavy atom. The second kappa shape index (κ2) is 10.00. The Balaban J connectivity index is 1.36. The van der Waals surface area contributed by atoms with E-state index >= 15 is 0 Å². The van der Waals surface area contributed by atoms with Gasteiger partial charge in [0.1, 0.15) is 5.65 Å². The maximum absolute atomic E-state index is 13.8. The van der Waals surface area contributed by atoms with E-state index in [1.165, 1.54) is 12.8 Å². The van der Waals surface area contributed by atoms with Crippen molar-refractivity contribution in [3.8, 4) is 11.5 Å². The van der Waals surface area contributed by atoms with E-state index in [0.29, 0.717) is 29.9 Å². The SMILES string of the molecule is CCC1CN(C(=O)c2cc(C)c3c(c2)nc(-c2cc4cccnc4n2CC2CC2)n3CC2CCOC2)C(C)C1N. The average molecular weight is 541 g/mol. The highest BCUT2D eigenvalue weighted by Crippen LogP contribution is 2.37. The molecule has 7 rings (SSSR count). The number of hydrogen-bond donors (Lipinski definition) is 1. The lowest BCUT2D eigenvalue weighted by molar-refractivity contribution is 0.0739. The summed E-state index contributed by atoms with van der Waals surface area (Å²) in [5.41, 5.74) is 12.4. The Hall–Kier alpha value is -3.23. The van der Waals surface area contributed by atoms with Crippen LogP contribution < -0.4 is 5.73 Å². The smallest absolute Gasteiger partial charge is 0.254 e. The van der Waals surface area contributed by atoms with Crippen LogP contribution in [0.4, 0.5) is 0 Å². The molecule has 4 aromatic rings. The fraction of sp³-hybridized carbons (Fsp3) is 0.531. The van der Waals surface area contributed by atoms with Gasteiger partial charge in [0, 0.05) is 61.4 Å². The van der Waals surface area contributed by atoms with Crippen molar-refractivity contribution >= 4 is 28.0 Å². The molecule has 3 aliphatic rings. The lowest BCUT2D eigenvalue weighted by Gasteiger charge is -2.23. The third-order valence-electron chi connectivity index (χ3n) is 9.58. The maximum Gasteiger partial charge on any atom is 0.254 e. The van der Waals surface area contributed by atoms with Crippen LogP contribution in [0, 0.1) is 24.7 Å². The molecule has 3 aromatic heterocycles. The number of amides is 1. The number of nitrogens with two attached hydrogens (primary N) is 1. The number of aromatic nitrogens is 4. The Kier molecular flexibility index (Phi) is 6.43. The molecule has 2 aliphatic heterocycles. The number of ether oxygens (including phenoxy) is 1. The number of imidazole rings is 1. The minimum atomic E-state index is 0.0141. The number of nitrogens with zero attached hydrogens (tertiary/aromatic N) is 5. The van der Waals surface area contributed by atoms with Crippen LogP contribution in [-0.2, 0) is 17.8 Å². The van der Waals surface area contributed by atoms with Crippen molar-refractivity contribution in [1.82, 2.24) is 24.0 Å². The standard InChI is InChI=1S/C32H40N6O2/c1-4-23-17-36(20(3)28(23)33)32(39)25-12-19(2)29-26(13-25)35-31(38(29)16-22-9-11-40-18-22)27-14-24-6-5-10-34-30(24)37(27)15-21-7-8-21/h5-6,10,12-14,20-23,28H,4,7-9,11,15-18,33H2,1-3H3. The third kappa shape index (κ3) is 4.32. The van der Waals surface area contributed by atoms with Gasteiger partial charge in [-0.05, 0) is 80.8 Å². The summed E-state index contributed by atoms with van der Waals surface area (Å²) in [7, 11) is 0. The van der Waals surface area contributed by atoms with Crippen molar-refractivity contribution in [3.05, 3.63) is 47.7 Å². The number of likely N-dealkylation sites (tertiary alicyclic amines) is 1. The predicted molar refractivity (Wildman–Crippen MR) is 157 cm³/mol. The highest BCUT2D eigenvalue weighted by Gasteiger charge is 2.39. The molecule has 3 fully saturated rings. The van der Waals surface area contributed by atoms with E-state index in [0.717, 1.165) is 78.3 Å². The van der Waals surface area contributed by atoms with Gasteiger partial charge >= 0.3 is 0 Å². The summed E-state index contributed by atoms with van der Waals surface area (Å²) in [5, 5.41) is 1.14. The van der Waals surface area contributed by atoms with Crippen LogP contribution >= 0.6 is 0 Å². The fourth-order valence-electron chi connectivity index (χ4n) is 6.95. The van der Waals surface area contributed by atoms with Gasteiger partial charge in [-0.25, -0.2) is 9.97 Å². The van der Waals surface area contributed by atoms with E-state index in [1.807, 2.05) is 23.2 Å². The van der Waals surface area contributed by atoms with Crippen molar-refractivity contribution in [3.63, 3.8) is 0 Å². The predicted octanol–water partition coefficient (Wildman–Crippen LogP) is 5.01. The number of hydrogen-bond acceptors (Lipinski definition) is 5. The highest BCUT2D eigenvalue weighted by atomic mass is 16.5. The first-order valence-electron chi connectivity index (χ1n) is 15.0. The van der Waals surface area contributed by atoms with E-state index in [1.54, 1.807) is 0 Å². The minimum absolute atomic E-state index is 0.0141. The monoisotopic (exact) mass is 540 g/mol. The molecule has 0 radical (unpaired) electrons. The van der Waals surface area contributed by atoms with Crippen LogP contribution in [0.15, 0.2) is 36.5 Å². The molecule has 0 spiro atoms. The largest absolute Gasteiger partial charge is 0.381 e. The molecule has 2 saturated heterocycles. The van der Waals surface area contributed by atoms with Gasteiger partial charge < -0.3 is 24.5 Å². The maximum atomic E-state index is 13.8. The Morgan fingerprint density at radius 3 is 2.67 bits per heavy atom. The first-order valence-corrected chi connectivity index (χ1v) is 15.0. The van der Waals surface area contributed by atoms with Gasteiger partial charge in [-0.15, -0.1) is 0 Å². The molecule has 0 bridgehead atoms. The first-order chi connectivity index (χ1) is 19.4. The summed E-state index contributed by atoms with van der Waals surface area (Å²) in [5.74, 6) is 2.48. The zero-order valence-corrected chi connectivity index (χ0v) is 23.8. The summed E-state index contributed by atoms with van der Waals surface area (Å²) in [6.45, 7) is 10.4. The third-order valence-corrected chi connectivity index (χ3v) is 9.58. The number of carbonyl (C=O) groups is 1. The van der Waals surface area contributed by atoms with Crippen LogP contribution in [-0.4, -0.2) is 61.8 Å². The lowest BCUT2D eigenvalue weighted by atomic mass is 9.98. The second-order valence-corrected chi connectivity index (χ2v) is 12.4. The molecule has 8 nitrogen and oxygen atoms in total. The van der Waals surface area contributed by atoms with Crippen molar-refractivity contribution in [2.24, 2.45) is 23.5 Å². The zero-order chi connectivity index (χ0) is 27.5. The summed E-state index contributed by atoms with van der Waals surface area (Å²) >= 11 is 0. The van der Waals surface area contributed by atoms with Crippen LogP contribution in [0.5, 0.6) is 0 Å². The normalized spacial score (nSPS) is 25.1. The summed E-state index contributed by atoms with van der Waals surface area (Å²) in [6.07, 6.45) is 6.45. The van der Waals surface area contributed by atoms with Gasteiger partial charge in [0.05, 0.1) is 23.3 Å². The van der Waals surface area contributed by atoms with Gasteiger partial charge in [-0.2, -0.15) is 0 Å². The quantitative estimate of drug-likeness (QED) is 0.356. The minimum Gasteiger partial charge on any atom is -0.381 e. The average Bonchev–Trinajstić information content (AvgIpc) is 3.25. The first kappa shape index (κ1) is 25.7. The summed E-state index contributed by atoms with van der Waals surface area (Å²) in [4.78, 5) is 25.8. The van der Waals surface area contributed by atoms with Gasteiger partial charge in [0.15, 0.2) is 5.82 Å². The Labute approximate surface area is 235 Å².